The number of benzene rings is 1. The standard InChI is InChI=1S/C19H28N2O3/c1-14-10-21(11-15(2)24-14)17-5-7-20(8-6-17)12-16-3-4-18-19(9-16)23-13-22-18/h3-4,9,14-15,17H,5-8,10-13H2,1-2H3/p+2. The molecule has 3 heterocycles. The van der Waals surface area contributed by atoms with Crippen molar-refractivity contribution in [1.82, 2.24) is 0 Å². The lowest BCUT2D eigenvalue weighted by molar-refractivity contribution is -0.970. The van der Waals surface area contributed by atoms with Crippen LogP contribution in [0.15, 0.2) is 18.2 Å². The zero-order valence-corrected chi connectivity index (χ0v) is 14.8. The Kier molecular flexibility index (Phi) is 4.66. The van der Waals surface area contributed by atoms with Crippen LogP contribution in [0.2, 0.25) is 0 Å². The Morgan fingerprint density at radius 3 is 2.46 bits per heavy atom. The number of fused-ring (bicyclic) bond motifs is 1. The van der Waals surface area contributed by atoms with Gasteiger partial charge >= 0.3 is 0 Å². The van der Waals surface area contributed by atoms with Crippen molar-refractivity contribution in [3.8, 4) is 11.5 Å². The second-order valence-corrected chi connectivity index (χ2v) is 7.71. The molecule has 0 amide bonds. The van der Waals surface area contributed by atoms with Crippen molar-refractivity contribution >= 4 is 0 Å². The number of rotatable bonds is 3. The van der Waals surface area contributed by atoms with Crippen LogP contribution in [0.5, 0.6) is 11.5 Å². The lowest BCUT2D eigenvalue weighted by Crippen LogP contribution is -3.22. The first kappa shape index (κ1) is 16.2. The predicted octanol–water partition coefficient (Wildman–Crippen LogP) is -0.345. The van der Waals surface area contributed by atoms with E-state index in [0.717, 1.165) is 24.1 Å². The third kappa shape index (κ3) is 3.53. The highest BCUT2D eigenvalue weighted by Crippen LogP contribution is 2.32. The maximum Gasteiger partial charge on any atom is 0.231 e. The van der Waals surface area contributed by atoms with Gasteiger partial charge in [-0.2, -0.15) is 0 Å². The number of morpholine rings is 1. The van der Waals surface area contributed by atoms with Crippen molar-refractivity contribution in [3.63, 3.8) is 0 Å². The van der Waals surface area contributed by atoms with Crippen LogP contribution in [-0.4, -0.2) is 51.2 Å². The molecule has 2 N–H and O–H groups in total. The molecule has 0 bridgehead atoms. The fraction of sp³-hybridized carbons (Fsp3) is 0.684. The molecule has 132 valence electrons. The molecule has 2 atom stereocenters. The molecule has 3 aliphatic rings. The monoisotopic (exact) mass is 334 g/mol. The van der Waals surface area contributed by atoms with Gasteiger partial charge in [-0.1, -0.05) is 0 Å². The summed E-state index contributed by atoms with van der Waals surface area (Å²) in [6, 6.07) is 7.20. The molecule has 0 aliphatic carbocycles. The molecule has 1 aromatic carbocycles. The molecular formula is C19H30N2O3+2. The van der Waals surface area contributed by atoms with Gasteiger partial charge in [0.2, 0.25) is 6.79 Å². The zero-order valence-electron chi connectivity index (χ0n) is 14.8. The number of quaternary nitrogens is 2. The second-order valence-electron chi connectivity index (χ2n) is 7.71. The van der Waals surface area contributed by atoms with Crippen LogP contribution in [-0.2, 0) is 11.3 Å². The number of hydrogen-bond donors (Lipinski definition) is 2. The SMILES string of the molecule is CC1C[NH+](C2CC[NH+](Cc3ccc4c(c3)OCO4)CC2)CC(C)O1. The first-order valence-electron chi connectivity index (χ1n) is 9.39. The van der Waals surface area contributed by atoms with Crippen molar-refractivity contribution in [2.24, 2.45) is 0 Å². The van der Waals surface area contributed by atoms with E-state index in [1.165, 1.54) is 44.6 Å². The van der Waals surface area contributed by atoms with Gasteiger partial charge < -0.3 is 24.0 Å². The molecule has 2 fully saturated rings. The number of likely N-dealkylation sites (tertiary alicyclic amines) is 1. The Hall–Kier alpha value is -1.30. The summed E-state index contributed by atoms with van der Waals surface area (Å²) in [5.41, 5.74) is 1.36. The van der Waals surface area contributed by atoms with Crippen molar-refractivity contribution in [3.05, 3.63) is 23.8 Å². The van der Waals surface area contributed by atoms with Crippen LogP contribution in [0.25, 0.3) is 0 Å². The van der Waals surface area contributed by atoms with E-state index in [-0.39, 0.29) is 0 Å². The maximum atomic E-state index is 5.90. The minimum absolute atomic E-state index is 0.357. The highest BCUT2D eigenvalue weighted by Gasteiger charge is 2.35. The van der Waals surface area contributed by atoms with Gasteiger partial charge in [0.25, 0.3) is 0 Å². The van der Waals surface area contributed by atoms with E-state index in [1.54, 1.807) is 9.80 Å². The molecular weight excluding hydrogens is 304 g/mol. The summed E-state index contributed by atoms with van der Waals surface area (Å²) < 4.78 is 16.8. The van der Waals surface area contributed by atoms with E-state index in [1.807, 2.05) is 6.07 Å². The molecule has 5 heteroatoms. The average molecular weight is 334 g/mol. The van der Waals surface area contributed by atoms with E-state index in [0.29, 0.717) is 19.0 Å². The van der Waals surface area contributed by atoms with Gasteiger partial charge in [0.15, 0.2) is 11.5 Å². The Labute approximate surface area is 144 Å². The Morgan fingerprint density at radius 2 is 1.71 bits per heavy atom. The van der Waals surface area contributed by atoms with E-state index in [4.69, 9.17) is 14.2 Å². The van der Waals surface area contributed by atoms with Crippen LogP contribution >= 0.6 is 0 Å². The Bertz CT molecular complexity index is 562. The van der Waals surface area contributed by atoms with Crippen LogP contribution in [0, 0.1) is 0 Å². The molecule has 24 heavy (non-hydrogen) atoms. The first-order chi connectivity index (χ1) is 11.7. The van der Waals surface area contributed by atoms with Crippen molar-refractivity contribution < 1.29 is 24.0 Å². The normalized spacial score (nSPS) is 35.8. The average Bonchev–Trinajstić information content (AvgIpc) is 3.02. The van der Waals surface area contributed by atoms with E-state index < -0.39 is 0 Å². The maximum absolute atomic E-state index is 5.90. The summed E-state index contributed by atoms with van der Waals surface area (Å²) in [4.78, 5) is 3.46. The summed E-state index contributed by atoms with van der Waals surface area (Å²) >= 11 is 0. The van der Waals surface area contributed by atoms with E-state index >= 15 is 0 Å². The second kappa shape index (κ2) is 6.90. The summed E-state index contributed by atoms with van der Waals surface area (Å²) in [7, 11) is 0. The molecule has 2 unspecified atom stereocenters. The quantitative estimate of drug-likeness (QED) is 0.794. The molecule has 0 aromatic heterocycles. The molecule has 0 radical (unpaired) electrons. The van der Waals surface area contributed by atoms with Gasteiger partial charge in [-0.05, 0) is 32.0 Å². The summed E-state index contributed by atoms with van der Waals surface area (Å²) in [5, 5.41) is 0. The molecule has 3 aliphatic heterocycles. The van der Waals surface area contributed by atoms with E-state index in [9.17, 15) is 0 Å². The molecule has 0 saturated carbocycles. The Morgan fingerprint density at radius 1 is 1.00 bits per heavy atom. The topological polar surface area (TPSA) is 36.6 Å². The van der Waals surface area contributed by atoms with Gasteiger partial charge in [0.05, 0.1) is 19.1 Å². The fourth-order valence-corrected chi connectivity index (χ4v) is 4.60. The third-order valence-corrected chi connectivity index (χ3v) is 5.73. The third-order valence-electron chi connectivity index (χ3n) is 5.73. The molecule has 1 aromatic rings. The van der Waals surface area contributed by atoms with Gasteiger partial charge in [0.1, 0.15) is 31.8 Å². The van der Waals surface area contributed by atoms with Crippen LogP contribution < -0.4 is 19.3 Å². The minimum atomic E-state index is 0.357. The van der Waals surface area contributed by atoms with Crippen LogP contribution in [0.4, 0.5) is 0 Å². The van der Waals surface area contributed by atoms with Gasteiger partial charge in [-0.15, -0.1) is 0 Å². The minimum Gasteiger partial charge on any atom is -0.454 e. The Balaban J connectivity index is 1.30. The van der Waals surface area contributed by atoms with Gasteiger partial charge in [-0.25, -0.2) is 0 Å². The number of nitrogens with one attached hydrogen (secondary N) is 2. The van der Waals surface area contributed by atoms with Gasteiger partial charge in [0, 0.05) is 18.4 Å². The molecule has 0 spiro atoms. The predicted molar refractivity (Wildman–Crippen MR) is 90.7 cm³/mol. The van der Waals surface area contributed by atoms with Gasteiger partial charge in [-0.3, -0.25) is 0 Å². The fourth-order valence-electron chi connectivity index (χ4n) is 4.60. The van der Waals surface area contributed by atoms with Crippen LogP contribution in [0.1, 0.15) is 32.3 Å². The summed E-state index contributed by atoms with van der Waals surface area (Å²) in [6.07, 6.45) is 3.47. The first-order valence-corrected chi connectivity index (χ1v) is 9.39. The van der Waals surface area contributed by atoms with E-state index in [2.05, 4.69) is 26.0 Å². The number of piperidine rings is 1. The largest absolute Gasteiger partial charge is 0.454 e. The zero-order chi connectivity index (χ0) is 16.5. The van der Waals surface area contributed by atoms with Crippen LogP contribution in [0.3, 0.4) is 0 Å². The summed E-state index contributed by atoms with van der Waals surface area (Å²) in [6.45, 7) is 10.8. The molecule has 2 saturated heterocycles. The highest BCUT2D eigenvalue weighted by molar-refractivity contribution is 5.44. The number of hydrogen-bond acceptors (Lipinski definition) is 3. The lowest BCUT2D eigenvalue weighted by Gasteiger charge is -2.39. The smallest absolute Gasteiger partial charge is 0.231 e. The van der Waals surface area contributed by atoms with Crippen molar-refractivity contribution in [2.45, 2.75) is 51.5 Å². The molecule has 4 rings (SSSR count). The number of ether oxygens (including phenoxy) is 3. The lowest BCUT2D eigenvalue weighted by atomic mass is 10.0. The summed E-state index contributed by atoms with van der Waals surface area (Å²) in [5.74, 6) is 1.79. The highest BCUT2D eigenvalue weighted by atomic mass is 16.7. The molecule has 5 nitrogen and oxygen atoms in total. The van der Waals surface area contributed by atoms with Crippen molar-refractivity contribution in [1.29, 1.82) is 0 Å². The van der Waals surface area contributed by atoms with Crippen molar-refractivity contribution in [2.75, 3.05) is 33.0 Å².